The second kappa shape index (κ2) is 4.98. The van der Waals surface area contributed by atoms with Crippen LogP contribution in [0.1, 0.15) is 33.4 Å². The van der Waals surface area contributed by atoms with Crippen molar-refractivity contribution in [1.29, 1.82) is 0 Å². The highest BCUT2D eigenvalue weighted by Gasteiger charge is 2.12. The maximum Gasteiger partial charge on any atom is 0.0947 e. The Kier molecular flexibility index (Phi) is 3.60. The normalized spacial score (nSPS) is 12.7. The van der Waals surface area contributed by atoms with Crippen molar-refractivity contribution >= 4 is 11.3 Å². The van der Waals surface area contributed by atoms with Gasteiger partial charge in [-0.2, -0.15) is 0 Å². The van der Waals surface area contributed by atoms with E-state index < -0.39 is 0 Å². The van der Waals surface area contributed by atoms with Gasteiger partial charge in [-0.25, -0.2) is 4.98 Å². The first kappa shape index (κ1) is 12.3. The molecular weight excluding hydrogens is 228 g/mol. The fourth-order valence-corrected chi connectivity index (χ4v) is 2.80. The van der Waals surface area contributed by atoms with Crippen LogP contribution in [-0.4, -0.2) is 4.98 Å². The summed E-state index contributed by atoms with van der Waals surface area (Å²) in [5.74, 6) is 0. The van der Waals surface area contributed by atoms with Crippen molar-refractivity contribution in [2.75, 3.05) is 0 Å². The molecular formula is C14H18N2S. The molecule has 1 aromatic heterocycles. The Balaban J connectivity index is 2.20. The molecule has 2 nitrogen and oxygen atoms in total. The molecule has 0 saturated heterocycles. The summed E-state index contributed by atoms with van der Waals surface area (Å²) in [5.41, 5.74) is 11.2. The van der Waals surface area contributed by atoms with E-state index >= 15 is 0 Å². The molecule has 0 aliphatic carbocycles. The molecule has 1 atom stereocenters. The molecule has 3 heteroatoms. The van der Waals surface area contributed by atoms with E-state index in [-0.39, 0.29) is 6.04 Å². The molecule has 1 heterocycles. The minimum absolute atomic E-state index is 0.0421. The molecule has 1 unspecified atom stereocenters. The first-order chi connectivity index (χ1) is 8.08. The van der Waals surface area contributed by atoms with Crippen molar-refractivity contribution in [3.63, 3.8) is 0 Å². The summed E-state index contributed by atoms with van der Waals surface area (Å²) in [5, 5.41) is 3.20. The lowest BCUT2D eigenvalue weighted by Gasteiger charge is -2.15. The fourth-order valence-electron chi connectivity index (χ4n) is 1.97. The highest BCUT2D eigenvalue weighted by molar-refractivity contribution is 7.09. The molecule has 2 rings (SSSR count). The lowest BCUT2D eigenvalue weighted by molar-refractivity contribution is 0.710. The van der Waals surface area contributed by atoms with Gasteiger partial charge >= 0.3 is 0 Å². The standard InChI is InChI=1S/C14H18N2S/c1-9-5-4-6-12(11(9)3)13(15)7-14-16-10(2)8-17-14/h4-6,8,13H,7,15H2,1-3H3. The molecule has 0 fully saturated rings. The van der Waals surface area contributed by atoms with Crippen LogP contribution in [0.4, 0.5) is 0 Å². The number of hydrogen-bond donors (Lipinski definition) is 1. The van der Waals surface area contributed by atoms with Crippen LogP contribution in [0.15, 0.2) is 23.6 Å². The first-order valence-electron chi connectivity index (χ1n) is 5.80. The minimum Gasteiger partial charge on any atom is -0.324 e. The molecule has 1 aromatic carbocycles. The zero-order valence-electron chi connectivity index (χ0n) is 10.5. The third kappa shape index (κ3) is 2.73. The van der Waals surface area contributed by atoms with Crippen LogP contribution in [0.5, 0.6) is 0 Å². The predicted molar refractivity (Wildman–Crippen MR) is 73.4 cm³/mol. The van der Waals surface area contributed by atoms with E-state index in [2.05, 4.69) is 42.4 Å². The molecule has 0 radical (unpaired) electrons. The number of aryl methyl sites for hydroxylation is 2. The van der Waals surface area contributed by atoms with E-state index in [9.17, 15) is 0 Å². The van der Waals surface area contributed by atoms with Crippen molar-refractivity contribution in [3.8, 4) is 0 Å². The van der Waals surface area contributed by atoms with Gasteiger partial charge in [0.05, 0.1) is 5.01 Å². The van der Waals surface area contributed by atoms with Gasteiger partial charge in [-0.3, -0.25) is 0 Å². The zero-order chi connectivity index (χ0) is 12.4. The number of thiazole rings is 1. The van der Waals surface area contributed by atoms with Crippen LogP contribution in [0.25, 0.3) is 0 Å². The second-order valence-corrected chi connectivity index (χ2v) is 5.43. The zero-order valence-corrected chi connectivity index (χ0v) is 11.3. The van der Waals surface area contributed by atoms with Crippen molar-refractivity contribution in [1.82, 2.24) is 4.98 Å². The van der Waals surface area contributed by atoms with E-state index in [1.54, 1.807) is 11.3 Å². The van der Waals surface area contributed by atoms with Gasteiger partial charge in [0.25, 0.3) is 0 Å². The summed E-state index contributed by atoms with van der Waals surface area (Å²) in [7, 11) is 0. The second-order valence-electron chi connectivity index (χ2n) is 4.48. The van der Waals surface area contributed by atoms with Gasteiger partial charge in [0.2, 0.25) is 0 Å². The number of nitrogens with zero attached hydrogens (tertiary/aromatic N) is 1. The number of rotatable bonds is 3. The summed E-state index contributed by atoms with van der Waals surface area (Å²) in [6, 6.07) is 6.36. The van der Waals surface area contributed by atoms with Crippen molar-refractivity contribution < 1.29 is 0 Å². The first-order valence-corrected chi connectivity index (χ1v) is 6.68. The Hall–Kier alpha value is -1.19. The highest BCUT2D eigenvalue weighted by Crippen LogP contribution is 2.23. The van der Waals surface area contributed by atoms with Crippen molar-refractivity contribution in [3.05, 3.63) is 51.0 Å². The smallest absolute Gasteiger partial charge is 0.0947 e. The predicted octanol–water partition coefficient (Wildman–Crippen LogP) is 3.31. The summed E-state index contributed by atoms with van der Waals surface area (Å²) in [6.07, 6.45) is 0.822. The largest absolute Gasteiger partial charge is 0.324 e. The topological polar surface area (TPSA) is 38.9 Å². The number of hydrogen-bond acceptors (Lipinski definition) is 3. The van der Waals surface area contributed by atoms with Gasteiger partial charge in [0.15, 0.2) is 0 Å². The molecule has 0 bridgehead atoms. The molecule has 2 N–H and O–H groups in total. The van der Waals surface area contributed by atoms with E-state index in [0.717, 1.165) is 17.1 Å². The van der Waals surface area contributed by atoms with Gasteiger partial charge in [-0.05, 0) is 37.5 Å². The van der Waals surface area contributed by atoms with Gasteiger partial charge in [0, 0.05) is 23.5 Å². The summed E-state index contributed by atoms with van der Waals surface area (Å²) in [6.45, 7) is 6.28. The van der Waals surface area contributed by atoms with Crippen LogP contribution in [0.2, 0.25) is 0 Å². The molecule has 0 aliphatic rings. The summed E-state index contributed by atoms with van der Waals surface area (Å²) < 4.78 is 0. The summed E-state index contributed by atoms with van der Waals surface area (Å²) >= 11 is 1.69. The lowest BCUT2D eigenvalue weighted by Crippen LogP contribution is -2.15. The Labute approximate surface area is 107 Å². The van der Waals surface area contributed by atoms with Crippen LogP contribution in [0, 0.1) is 20.8 Å². The Morgan fingerprint density at radius 3 is 2.71 bits per heavy atom. The van der Waals surface area contributed by atoms with Gasteiger partial charge in [0.1, 0.15) is 0 Å². The molecule has 0 amide bonds. The SMILES string of the molecule is Cc1csc(CC(N)c2cccc(C)c2C)n1. The molecule has 90 valence electrons. The number of benzene rings is 1. The average molecular weight is 246 g/mol. The quantitative estimate of drug-likeness (QED) is 0.902. The lowest BCUT2D eigenvalue weighted by atomic mass is 9.96. The number of aromatic nitrogens is 1. The average Bonchev–Trinajstić information content (AvgIpc) is 2.68. The minimum atomic E-state index is 0.0421. The van der Waals surface area contributed by atoms with Crippen molar-refractivity contribution in [2.24, 2.45) is 5.73 Å². The highest BCUT2D eigenvalue weighted by atomic mass is 32.1. The molecule has 0 saturated carbocycles. The van der Waals surface area contributed by atoms with Gasteiger partial charge in [-0.1, -0.05) is 18.2 Å². The monoisotopic (exact) mass is 246 g/mol. The Morgan fingerprint density at radius 1 is 1.29 bits per heavy atom. The van der Waals surface area contributed by atoms with Gasteiger partial charge in [-0.15, -0.1) is 11.3 Å². The van der Waals surface area contributed by atoms with Crippen LogP contribution < -0.4 is 5.73 Å². The maximum atomic E-state index is 6.27. The molecule has 0 aliphatic heterocycles. The van der Waals surface area contributed by atoms with Crippen LogP contribution in [0.3, 0.4) is 0 Å². The van der Waals surface area contributed by atoms with Gasteiger partial charge < -0.3 is 5.73 Å². The van der Waals surface area contributed by atoms with E-state index in [4.69, 9.17) is 5.73 Å². The van der Waals surface area contributed by atoms with E-state index in [1.807, 2.05) is 6.92 Å². The molecule has 17 heavy (non-hydrogen) atoms. The third-order valence-electron chi connectivity index (χ3n) is 3.11. The molecule has 2 aromatic rings. The van der Waals surface area contributed by atoms with Crippen molar-refractivity contribution in [2.45, 2.75) is 33.2 Å². The number of nitrogens with two attached hydrogens (primary N) is 1. The maximum absolute atomic E-state index is 6.27. The summed E-state index contributed by atoms with van der Waals surface area (Å²) in [4.78, 5) is 4.47. The van der Waals surface area contributed by atoms with Crippen LogP contribution in [-0.2, 0) is 6.42 Å². The van der Waals surface area contributed by atoms with E-state index in [1.165, 1.54) is 16.7 Å². The Bertz CT molecular complexity index is 517. The van der Waals surface area contributed by atoms with E-state index in [0.29, 0.717) is 0 Å². The molecule has 0 spiro atoms. The Morgan fingerprint density at radius 2 is 2.06 bits per heavy atom. The third-order valence-corrected chi connectivity index (χ3v) is 4.10. The fraction of sp³-hybridized carbons (Fsp3) is 0.357. The van der Waals surface area contributed by atoms with Crippen LogP contribution >= 0.6 is 11.3 Å².